The van der Waals surface area contributed by atoms with Crippen LogP contribution in [0.15, 0.2) is 146 Å². The molecule has 9 rings (SSSR count). The molecule has 12 nitrogen and oxygen atoms in total. The van der Waals surface area contributed by atoms with Crippen LogP contribution in [0.3, 0.4) is 0 Å². The predicted molar refractivity (Wildman–Crippen MR) is 251 cm³/mol. The van der Waals surface area contributed by atoms with Crippen molar-refractivity contribution in [3.63, 3.8) is 0 Å². The lowest BCUT2D eigenvalue weighted by atomic mass is 9.80. The Bertz CT molecular complexity index is 3140. The highest BCUT2D eigenvalue weighted by molar-refractivity contribution is 9.10. The van der Waals surface area contributed by atoms with Gasteiger partial charge in [0.15, 0.2) is 10.9 Å². The van der Waals surface area contributed by atoms with E-state index in [0.29, 0.717) is 33.3 Å². The minimum atomic E-state index is -0.501. The maximum atomic E-state index is 12.3. The first-order chi connectivity index (χ1) is 29.4. The Morgan fingerprint density at radius 2 is 1.08 bits per heavy atom. The molecule has 1 aliphatic heterocycles. The number of halogens is 3. The van der Waals surface area contributed by atoms with Crippen molar-refractivity contribution < 1.29 is 9.31 Å². The number of hydrogen-bond donors (Lipinski definition) is 2. The van der Waals surface area contributed by atoms with Gasteiger partial charge in [-0.25, -0.2) is 9.97 Å². The van der Waals surface area contributed by atoms with E-state index in [1.807, 2.05) is 94.4 Å². The molecule has 0 radical (unpaired) electrons. The second-order valence-corrected chi connectivity index (χ2v) is 17.2. The molecule has 0 amide bonds. The van der Waals surface area contributed by atoms with Gasteiger partial charge in [-0.15, -0.1) is 0 Å². The molecule has 0 bridgehead atoms. The number of nitrogens with one attached hydrogen (secondary N) is 2. The first kappa shape index (κ1) is 44.2. The van der Waals surface area contributed by atoms with Crippen LogP contribution in [0.2, 0.25) is 10.0 Å². The number of aryl methyl sites for hydroxylation is 2. The molecule has 1 saturated heterocycles. The van der Waals surface area contributed by atoms with E-state index in [2.05, 4.69) is 35.9 Å². The standard InChI is InChI=1S/C20H14ClN3O2.C14H9BrN2O.C12H17BClNO3/c1-24-11-13(9-16(21)20(24)26)14-10-15-17(25)7-8-22-19(15)23-18(14)12-5-3-2-4-6-12;15-11-8-10-12(18)6-7-16-14(10)17-13(11)9-4-2-1-3-5-9;1-11(2)12(3,4)18-13(17-11)8-6-9(14)10(16)15(5)7-8/h2-11H,1H3,(H,22,23,25);1-8H,(H,16,17,18);6-7H,1-5H3. The monoisotopic (exact) mass is 932 g/mol. The van der Waals surface area contributed by atoms with Gasteiger partial charge in [0.05, 0.1) is 33.4 Å². The molecule has 0 saturated carbocycles. The number of H-pyrrole nitrogens is 2. The average Bonchev–Trinajstić information content (AvgIpc) is 3.48. The van der Waals surface area contributed by atoms with Crippen molar-refractivity contribution in [1.82, 2.24) is 29.1 Å². The summed E-state index contributed by atoms with van der Waals surface area (Å²) in [5, 5.41) is 1.35. The Labute approximate surface area is 374 Å². The molecular formula is C46H40BBrCl2N6O6. The Balaban J connectivity index is 0.000000144. The molecular weight excluding hydrogens is 894 g/mol. The molecule has 0 atom stereocenters. The van der Waals surface area contributed by atoms with E-state index in [4.69, 9.17) is 32.5 Å². The minimum Gasteiger partial charge on any atom is -0.399 e. The van der Waals surface area contributed by atoms with E-state index in [-0.39, 0.29) is 32.0 Å². The maximum Gasteiger partial charge on any atom is 0.496 e. The Morgan fingerprint density at radius 3 is 1.60 bits per heavy atom. The number of pyridine rings is 6. The van der Waals surface area contributed by atoms with Crippen molar-refractivity contribution in [3.05, 3.63) is 178 Å². The molecule has 2 N–H and O–H groups in total. The zero-order valence-corrected chi connectivity index (χ0v) is 37.6. The lowest BCUT2D eigenvalue weighted by Crippen LogP contribution is -2.41. The summed E-state index contributed by atoms with van der Waals surface area (Å²) in [7, 11) is 2.80. The number of fused-ring (bicyclic) bond motifs is 2. The summed E-state index contributed by atoms with van der Waals surface area (Å²) in [6.45, 7) is 7.93. The highest BCUT2D eigenvalue weighted by atomic mass is 79.9. The van der Waals surface area contributed by atoms with Crippen molar-refractivity contribution in [2.24, 2.45) is 14.1 Å². The molecule has 2 aromatic carbocycles. The average molecular weight is 934 g/mol. The first-order valence-corrected chi connectivity index (χ1v) is 20.9. The third-order valence-corrected chi connectivity index (χ3v) is 11.8. The van der Waals surface area contributed by atoms with Gasteiger partial charge in [-0.1, -0.05) is 83.9 Å². The van der Waals surface area contributed by atoms with Gasteiger partial charge in [-0.2, -0.15) is 0 Å². The van der Waals surface area contributed by atoms with E-state index in [1.54, 1.807) is 57.1 Å². The van der Waals surface area contributed by atoms with Crippen LogP contribution in [0, 0.1) is 0 Å². The van der Waals surface area contributed by atoms with Crippen LogP contribution in [-0.2, 0) is 23.4 Å². The van der Waals surface area contributed by atoms with Gasteiger partial charge in [0.2, 0.25) is 0 Å². The molecule has 16 heteroatoms. The van der Waals surface area contributed by atoms with E-state index >= 15 is 0 Å². The third-order valence-electron chi connectivity index (χ3n) is 10.7. The van der Waals surface area contributed by atoms with E-state index in [9.17, 15) is 19.2 Å². The smallest absolute Gasteiger partial charge is 0.399 e. The first-order valence-electron chi connectivity index (χ1n) is 19.3. The number of benzene rings is 2. The summed E-state index contributed by atoms with van der Waals surface area (Å²) in [6, 6.07) is 29.3. The Hall–Kier alpha value is -5.90. The lowest BCUT2D eigenvalue weighted by Gasteiger charge is -2.32. The number of aromatic nitrogens is 6. The zero-order valence-electron chi connectivity index (χ0n) is 34.5. The topological polar surface area (TPSA) is 154 Å². The summed E-state index contributed by atoms with van der Waals surface area (Å²) in [4.78, 5) is 62.6. The number of rotatable bonds is 4. The molecule has 8 aromatic rings. The fourth-order valence-corrected chi connectivity index (χ4v) is 7.68. The molecule has 0 spiro atoms. The van der Waals surface area contributed by atoms with Crippen molar-refractivity contribution in [2.75, 3.05) is 0 Å². The van der Waals surface area contributed by atoms with Crippen molar-refractivity contribution in [1.29, 1.82) is 0 Å². The number of hydrogen-bond acceptors (Lipinski definition) is 8. The van der Waals surface area contributed by atoms with Crippen molar-refractivity contribution in [2.45, 2.75) is 38.9 Å². The molecule has 0 aliphatic carbocycles. The molecule has 0 unspecified atom stereocenters. The molecule has 62 heavy (non-hydrogen) atoms. The van der Waals surface area contributed by atoms with Crippen LogP contribution in [0.1, 0.15) is 27.7 Å². The molecule has 314 valence electrons. The fraction of sp³-hybridized carbons (Fsp3) is 0.174. The number of nitrogens with zero attached hydrogens (tertiary/aromatic N) is 4. The summed E-state index contributed by atoms with van der Waals surface area (Å²) in [5.41, 5.74) is 5.29. The van der Waals surface area contributed by atoms with Crippen LogP contribution >= 0.6 is 39.1 Å². The zero-order chi connectivity index (χ0) is 44.5. The van der Waals surface area contributed by atoms with Crippen LogP contribution in [-0.4, -0.2) is 47.4 Å². The van der Waals surface area contributed by atoms with Crippen LogP contribution in [0.25, 0.3) is 55.7 Å². The van der Waals surface area contributed by atoms with E-state index in [0.717, 1.165) is 32.3 Å². The van der Waals surface area contributed by atoms with Crippen molar-refractivity contribution >= 4 is 73.8 Å². The van der Waals surface area contributed by atoms with Gasteiger partial charge in [0, 0.05) is 83.2 Å². The minimum absolute atomic E-state index is 0.0310. The number of aromatic amines is 2. The molecule has 7 heterocycles. The van der Waals surface area contributed by atoms with Gasteiger partial charge < -0.3 is 28.4 Å². The van der Waals surface area contributed by atoms with Gasteiger partial charge in [-0.3, -0.25) is 19.2 Å². The maximum absolute atomic E-state index is 12.3. The second kappa shape index (κ2) is 17.8. The summed E-state index contributed by atoms with van der Waals surface area (Å²) in [6.07, 6.45) is 6.58. The summed E-state index contributed by atoms with van der Waals surface area (Å²) < 4.78 is 15.5. The fourth-order valence-electron chi connectivity index (χ4n) is 6.63. The Kier molecular flexibility index (Phi) is 12.7. The quantitative estimate of drug-likeness (QED) is 0.167. The van der Waals surface area contributed by atoms with Gasteiger partial charge in [0.25, 0.3) is 11.1 Å². The third kappa shape index (κ3) is 9.15. The van der Waals surface area contributed by atoms with Crippen molar-refractivity contribution in [3.8, 4) is 33.6 Å². The highest BCUT2D eigenvalue weighted by Crippen LogP contribution is 2.37. The van der Waals surface area contributed by atoms with Gasteiger partial charge >= 0.3 is 7.12 Å². The SMILES string of the molecule is Cn1cc(-c2cc3c(=O)cc[nH]c3nc2-c2ccccc2)cc(Cl)c1=O.Cn1cc(B2OC(C)(C)C(C)(C)O2)cc(Cl)c1=O.O=c1cc[nH]c2nc(-c3ccccc3)c(Br)cc12. The lowest BCUT2D eigenvalue weighted by molar-refractivity contribution is 0.00578. The van der Waals surface area contributed by atoms with Crippen LogP contribution in [0.5, 0.6) is 0 Å². The van der Waals surface area contributed by atoms with Gasteiger partial charge in [0.1, 0.15) is 21.3 Å². The van der Waals surface area contributed by atoms with Crippen LogP contribution < -0.4 is 27.4 Å². The predicted octanol–water partition coefficient (Wildman–Crippen LogP) is 8.30. The molecule has 1 aliphatic rings. The normalized spacial score (nSPS) is 13.9. The largest absolute Gasteiger partial charge is 0.496 e. The molecule has 6 aromatic heterocycles. The van der Waals surface area contributed by atoms with E-state index in [1.165, 1.54) is 21.3 Å². The van der Waals surface area contributed by atoms with E-state index < -0.39 is 18.3 Å². The highest BCUT2D eigenvalue weighted by Gasteiger charge is 2.52. The summed E-state index contributed by atoms with van der Waals surface area (Å²) in [5.74, 6) is 0. The second-order valence-electron chi connectivity index (χ2n) is 15.5. The molecule has 1 fully saturated rings. The Morgan fingerprint density at radius 1 is 0.613 bits per heavy atom. The van der Waals surface area contributed by atoms with Gasteiger partial charge in [-0.05, 0) is 67.9 Å². The van der Waals surface area contributed by atoms with Crippen LogP contribution in [0.4, 0.5) is 0 Å². The summed E-state index contributed by atoms with van der Waals surface area (Å²) >= 11 is 15.5.